The monoisotopic (exact) mass is 490 g/mol. The van der Waals surface area contributed by atoms with E-state index in [2.05, 4.69) is 27.2 Å². The van der Waals surface area contributed by atoms with Gasteiger partial charge in [-0.2, -0.15) is 0 Å². The van der Waals surface area contributed by atoms with Crippen molar-refractivity contribution in [3.63, 3.8) is 0 Å². The molecule has 7 nitrogen and oxygen atoms in total. The van der Waals surface area contributed by atoms with E-state index in [1.807, 2.05) is 24.8 Å². The molecule has 1 aromatic carbocycles. The first kappa shape index (κ1) is 23.0. The number of carbonyl (C=O) groups excluding carboxylic acids is 1. The van der Waals surface area contributed by atoms with Crippen LogP contribution in [-0.2, 0) is 5.75 Å². The smallest absolute Gasteiger partial charge is 0.276 e. The Balaban J connectivity index is 1.69. The molecule has 2 aromatic heterocycles. The molecular weight excluding hydrogens is 467 g/mol. The van der Waals surface area contributed by atoms with E-state index in [0.717, 1.165) is 37.3 Å². The highest BCUT2D eigenvalue weighted by atomic mass is 35.5. The molecule has 0 bridgehead atoms. The lowest BCUT2D eigenvalue weighted by atomic mass is 9.99. The van der Waals surface area contributed by atoms with Crippen LogP contribution >= 0.6 is 35.0 Å². The highest BCUT2D eigenvalue weighted by molar-refractivity contribution is 7.98. The Morgan fingerprint density at radius 1 is 1.06 bits per heavy atom. The van der Waals surface area contributed by atoms with E-state index in [1.54, 1.807) is 22.9 Å². The molecule has 0 N–H and O–H groups in total. The first-order valence-electron chi connectivity index (χ1n) is 10.5. The van der Waals surface area contributed by atoms with Gasteiger partial charge in [-0.25, -0.2) is 14.6 Å². The number of hydrogen-bond donors (Lipinski definition) is 0. The minimum absolute atomic E-state index is 0.104. The second-order valence-electron chi connectivity index (χ2n) is 8.12. The fourth-order valence-corrected chi connectivity index (χ4v) is 5.18. The van der Waals surface area contributed by atoms with Crippen LogP contribution in [0.3, 0.4) is 0 Å². The second-order valence-corrected chi connectivity index (χ2v) is 9.94. The Bertz CT molecular complexity index is 1100. The third kappa shape index (κ3) is 5.24. The van der Waals surface area contributed by atoms with Gasteiger partial charge in [0, 0.05) is 40.3 Å². The van der Waals surface area contributed by atoms with Crippen LogP contribution in [0.25, 0.3) is 5.69 Å². The number of carbonyl (C=O) groups is 1. The molecule has 0 unspecified atom stereocenters. The van der Waals surface area contributed by atoms with Gasteiger partial charge in [0.1, 0.15) is 0 Å². The molecule has 3 heterocycles. The topological polar surface area (TPSA) is 76.8 Å². The molecule has 1 aliphatic heterocycles. The predicted molar refractivity (Wildman–Crippen MR) is 127 cm³/mol. The molecule has 0 aliphatic carbocycles. The third-order valence-electron chi connectivity index (χ3n) is 5.43. The Morgan fingerprint density at radius 3 is 2.31 bits per heavy atom. The summed E-state index contributed by atoms with van der Waals surface area (Å²) >= 11 is 13.9. The summed E-state index contributed by atoms with van der Waals surface area (Å²) in [5.74, 6) is 0.944. The van der Waals surface area contributed by atoms with Crippen LogP contribution in [0.5, 0.6) is 0 Å². The quantitative estimate of drug-likeness (QED) is 0.363. The number of thioether (sulfide) groups is 1. The van der Waals surface area contributed by atoms with E-state index in [1.165, 1.54) is 11.8 Å². The largest absolute Gasteiger partial charge is 0.337 e. The second kappa shape index (κ2) is 9.77. The Kier molecular flexibility index (Phi) is 7.02. The summed E-state index contributed by atoms with van der Waals surface area (Å²) in [7, 11) is 0. The summed E-state index contributed by atoms with van der Waals surface area (Å²) in [5.41, 5.74) is 3.45. The number of benzene rings is 1. The van der Waals surface area contributed by atoms with Gasteiger partial charge >= 0.3 is 0 Å². The molecule has 3 aromatic rings. The van der Waals surface area contributed by atoms with E-state index in [4.69, 9.17) is 23.2 Å². The maximum atomic E-state index is 13.3. The van der Waals surface area contributed by atoms with Crippen molar-refractivity contribution in [3.8, 4) is 5.69 Å². The van der Waals surface area contributed by atoms with Crippen molar-refractivity contribution < 1.29 is 4.79 Å². The molecule has 168 valence electrons. The maximum absolute atomic E-state index is 13.3. The van der Waals surface area contributed by atoms with Gasteiger partial charge in [-0.3, -0.25) is 4.79 Å². The van der Waals surface area contributed by atoms with Crippen LogP contribution in [0.2, 0.25) is 10.0 Å². The average Bonchev–Trinajstić information content (AvgIpc) is 3.15. The van der Waals surface area contributed by atoms with Crippen LogP contribution in [0.1, 0.15) is 47.3 Å². The van der Waals surface area contributed by atoms with Crippen LogP contribution in [-0.4, -0.2) is 48.9 Å². The standard InChI is InChI=1S/C22H24Cl2N6OS/c1-13-4-6-29(7-5-13)21(31)20-19(12-32-22-25-14(2)8-15(3)26-22)30(28-27-20)18-10-16(23)9-17(24)11-18/h8-11,13H,4-7,12H2,1-3H3. The molecule has 0 saturated carbocycles. The van der Waals surface area contributed by atoms with Crippen molar-refractivity contribution in [2.75, 3.05) is 13.1 Å². The van der Waals surface area contributed by atoms with Gasteiger partial charge < -0.3 is 4.90 Å². The van der Waals surface area contributed by atoms with E-state index in [9.17, 15) is 4.79 Å². The van der Waals surface area contributed by atoms with Gasteiger partial charge in [0.05, 0.1) is 11.4 Å². The molecule has 1 aliphatic rings. The molecule has 1 amide bonds. The van der Waals surface area contributed by atoms with Gasteiger partial charge in [-0.1, -0.05) is 47.1 Å². The third-order valence-corrected chi connectivity index (χ3v) is 6.72. The highest BCUT2D eigenvalue weighted by Gasteiger charge is 2.28. The molecule has 0 atom stereocenters. The van der Waals surface area contributed by atoms with Crippen molar-refractivity contribution in [2.24, 2.45) is 5.92 Å². The highest BCUT2D eigenvalue weighted by Crippen LogP contribution is 2.28. The van der Waals surface area contributed by atoms with Gasteiger partial charge in [-0.15, -0.1) is 5.10 Å². The van der Waals surface area contributed by atoms with Crippen LogP contribution < -0.4 is 0 Å². The van der Waals surface area contributed by atoms with Crippen molar-refractivity contribution in [2.45, 2.75) is 44.5 Å². The number of aryl methyl sites for hydroxylation is 2. The number of hydrogen-bond acceptors (Lipinski definition) is 6. The zero-order valence-corrected chi connectivity index (χ0v) is 20.5. The number of likely N-dealkylation sites (tertiary alicyclic amines) is 1. The summed E-state index contributed by atoms with van der Waals surface area (Å²) in [6, 6.07) is 7.08. The number of amides is 1. The Labute approximate surface area is 201 Å². The van der Waals surface area contributed by atoms with Gasteiger partial charge in [-0.05, 0) is 56.9 Å². The fraction of sp³-hybridized carbons (Fsp3) is 0.409. The fourth-order valence-electron chi connectivity index (χ4n) is 3.72. The van der Waals surface area contributed by atoms with E-state index >= 15 is 0 Å². The Morgan fingerprint density at radius 2 is 1.69 bits per heavy atom. The van der Waals surface area contributed by atoms with Gasteiger partial charge in [0.25, 0.3) is 5.91 Å². The normalized spacial score (nSPS) is 14.7. The minimum atomic E-state index is -0.104. The number of aromatic nitrogens is 5. The molecule has 1 saturated heterocycles. The van der Waals surface area contributed by atoms with Crippen LogP contribution in [0.15, 0.2) is 29.4 Å². The lowest BCUT2D eigenvalue weighted by Crippen LogP contribution is -2.38. The molecule has 10 heteroatoms. The summed E-state index contributed by atoms with van der Waals surface area (Å²) in [6.07, 6.45) is 1.98. The summed E-state index contributed by atoms with van der Waals surface area (Å²) in [4.78, 5) is 24.2. The first-order valence-corrected chi connectivity index (χ1v) is 12.2. The first-order chi connectivity index (χ1) is 15.3. The Hall–Kier alpha value is -2.16. The number of halogens is 2. The van der Waals surface area contributed by atoms with Crippen molar-refractivity contribution in [1.82, 2.24) is 29.9 Å². The molecule has 0 spiro atoms. The minimum Gasteiger partial charge on any atom is -0.337 e. The zero-order chi connectivity index (χ0) is 22.8. The summed E-state index contributed by atoms with van der Waals surface area (Å²) in [6.45, 7) is 7.54. The maximum Gasteiger partial charge on any atom is 0.276 e. The van der Waals surface area contributed by atoms with Gasteiger partial charge in [0.2, 0.25) is 0 Å². The van der Waals surface area contributed by atoms with Crippen molar-refractivity contribution in [3.05, 3.63) is 57.1 Å². The molecule has 4 rings (SSSR count). The SMILES string of the molecule is Cc1cc(C)nc(SCc2c(C(=O)N3CCC(C)CC3)nnn2-c2cc(Cl)cc(Cl)c2)n1. The predicted octanol–water partition coefficient (Wildman–Crippen LogP) is 5.15. The lowest BCUT2D eigenvalue weighted by Gasteiger charge is -2.29. The molecule has 32 heavy (non-hydrogen) atoms. The average molecular weight is 491 g/mol. The van der Waals surface area contributed by atoms with E-state index in [-0.39, 0.29) is 5.91 Å². The van der Waals surface area contributed by atoms with Gasteiger partial charge in [0.15, 0.2) is 10.9 Å². The van der Waals surface area contributed by atoms with Crippen LogP contribution in [0.4, 0.5) is 0 Å². The number of piperidine rings is 1. The van der Waals surface area contributed by atoms with E-state index < -0.39 is 0 Å². The van der Waals surface area contributed by atoms with Crippen LogP contribution in [0, 0.1) is 19.8 Å². The zero-order valence-electron chi connectivity index (χ0n) is 18.2. The molecule has 1 fully saturated rings. The molecule has 0 radical (unpaired) electrons. The van der Waals surface area contributed by atoms with Crippen molar-refractivity contribution in [1.29, 1.82) is 0 Å². The lowest BCUT2D eigenvalue weighted by molar-refractivity contribution is 0.0690. The summed E-state index contributed by atoms with van der Waals surface area (Å²) < 4.78 is 1.63. The number of rotatable bonds is 5. The number of nitrogens with zero attached hydrogens (tertiary/aromatic N) is 6. The van der Waals surface area contributed by atoms with E-state index in [0.29, 0.717) is 43.9 Å². The van der Waals surface area contributed by atoms with Crippen molar-refractivity contribution >= 4 is 40.9 Å². The molecular formula is C22H24Cl2N6OS. The summed E-state index contributed by atoms with van der Waals surface area (Å²) in [5, 5.41) is 10.2.